The lowest BCUT2D eigenvalue weighted by atomic mass is 10.0. The normalized spacial score (nSPS) is 14.0. The van der Waals surface area contributed by atoms with Crippen LogP contribution in [0, 0.1) is 0 Å². The number of anilines is 1. The number of amides is 1. The quantitative estimate of drug-likeness (QED) is 0.663. The number of nitrogens with zero attached hydrogens (tertiary/aromatic N) is 5. The van der Waals surface area contributed by atoms with E-state index >= 15 is 0 Å². The molecule has 0 spiro atoms. The molecule has 0 bridgehead atoms. The van der Waals surface area contributed by atoms with E-state index in [0.29, 0.717) is 23.1 Å². The maximum absolute atomic E-state index is 12.2. The third-order valence-corrected chi connectivity index (χ3v) is 5.10. The zero-order valence-electron chi connectivity index (χ0n) is 16.8. The Morgan fingerprint density at radius 3 is 2.59 bits per heavy atom. The first kappa shape index (κ1) is 19.2. The van der Waals surface area contributed by atoms with Crippen molar-refractivity contribution in [1.82, 2.24) is 25.1 Å². The predicted octanol–water partition coefficient (Wildman–Crippen LogP) is 2.54. The highest BCUT2D eigenvalue weighted by molar-refractivity contribution is 5.77. The Bertz CT molecular complexity index is 977. The molecule has 4 rings (SSSR count). The lowest BCUT2D eigenvalue weighted by Crippen LogP contribution is -2.29. The van der Waals surface area contributed by atoms with E-state index in [1.54, 1.807) is 4.52 Å². The topological polar surface area (TPSA) is 84.6 Å². The van der Waals surface area contributed by atoms with Gasteiger partial charge < -0.3 is 15.0 Å². The van der Waals surface area contributed by atoms with Gasteiger partial charge in [-0.15, -0.1) is 15.3 Å². The van der Waals surface area contributed by atoms with Crippen LogP contribution in [-0.4, -0.2) is 45.4 Å². The molecule has 8 nitrogen and oxygen atoms in total. The summed E-state index contributed by atoms with van der Waals surface area (Å²) in [5, 5.41) is 15.8. The Balaban J connectivity index is 1.33. The van der Waals surface area contributed by atoms with Gasteiger partial charge in [0.1, 0.15) is 11.6 Å². The Morgan fingerprint density at radius 2 is 1.86 bits per heavy atom. The number of carbonyl (C=O) groups is 1. The van der Waals surface area contributed by atoms with E-state index in [9.17, 15) is 4.79 Å². The maximum Gasteiger partial charge on any atom is 0.258 e. The molecular formula is C21H26N6O2. The monoisotopic (exact) mass is 394 g/mol. The summed E-state index contributed by atoms with van der Waals surface area (Å²) in [6.45, 7) is 6.50. The number of hydrogen-bond acceptors (Lipinski definition) is 6. The summed E-state index contributed by atoms with van der Waals surface area (Å²) >= 11 is 0. The molecule has 8 heteroatoms. The zero-order chi connectivity index (χ0) is 20.2. The highest BCUT2D eigenvalue weighted by Gasteiger charge is 2.16. The third-order valence-electron chi connectivity index (χ3n) is 5.10. The number of fused-ring (bicyclic) bond motifs is 1. The minimum Gasteiger partial charge on any atom is -0.484 e. The molecule has 3 heterocycles. The molecule has 1 amide bonds. The predicted molar refractivity (Wildman–Crippen MR) is 110 cm³/mol. The molecule has 29 heavy (non-hydrogen) atoms. The second kappa shape index (κ2) is 8.46. The van der Waals surface area contributed by atoms with E-state index in [0.717, 1.165) is 18.9 Å². The van der Waals surface area contributed by atoms with Crippen LogP contribution in [0.5, 0.6) is 5.75 Å². The van der Waals surface area contributed by atoms with Gasteiger partial charge in [0.2, 0.25) is 0 Å². The van der Waals surface area contributed by atoms with E-state index in [4.69, 9.17) is 4.74 Å². The minimum absolute atomic E-state index is 0.0514. The van der Waals surface area contributed by atoms with E-state index in [-0.39, 0.29) is 19.1 Å². The molecule has 0 radical (unpaired) electrons. The molecule has 0 aliphatic carbocycles. The molecule has 3 aromatic rings. The summed E-state index contributed by atoms with van der Waals surface area (Å²) in [6.07, 6.45) is 2.37. The highest BCUT2D eigenvalue weighted by atomic mass is 16.5. The van der Waals surface area contributed by atoms with Gasteiger partial charge in [0.25, 0.3) is 5.91 Å². The fraction of sp³-hybridized carbons (Fsp3) is 0.429. The van der Waals surface area contributed by atoms with E-state index in [1.165, 1.54) is 18.4 Å². The lowest BCUT2D eigenvalue weighted by Gasteiger charge is -2.15. The van der Waals surface area contributed by atoms with E-state index in [2.05, 4.69) is 39.4 Å². The average Bonchev–Trinajstić information content (AvgIpc) is 3.40. The van der Waals surface area contributed by atoms with Crippen LogP contribution in [0.2, 0.25) is 0 Å². The van der Waals surface area contributed by atoms with Crippen molar-refractivity contribution in [2.75, 3.05) is 24.6 Å². The second-order valence-corrected chi connectivity index (χ2v) is 7.56. The summed E-state index contributed by atoms with van der Waals surface area (Å²) in [4.78, 5) is 14.4. The molecule has 1 aliphatic heterocycles. The van der Waals surface area contributed by atoms with Gasteiger partial charge in [-0.25, -0.2) is 0 Å². The molecule has 1 aromatic carbocycles. The summed E-state index contributed by atoms with van der Waals surface area (Å²) in [6, 6.07) is 11.7. The van der Waals surface area contributed by atoms with E-state index in [1.807, 2.05) is 36.4 Å². The molecule has 2 aromatic heterocycles. The Kier molecular flexibility index (Phi) is 5.59. The van der Waals surface area contributed by atoms with Crippen LogP contribution in [0.15, 0.2) is 36.4 Å². The number of benzene rings is 1. The van der Waals surface area contributed by atoms with Crippen molar-refractivity contribution in [2.45, 2.75) is 39.2 Å². The number of ether oxygens (including phenoxy) is 1. The number of rotatable bonds is 7. The number of hydrogen-bond donors (Lipinski definition) is 1. The van der Waals surface area contributed by atoms with Gasteiger partial charge in [0.15, 0.2) is 18.1 Å². The second-order valence-electron chi connectivity index (χ2n) is 7.56. The molecule has 1 fully saturated rings. The lowest BCUT2D eigenvalue weighted by molar-refractivity contribution is -0.123. The first-order valence-corrected chi connectivity index (χ1v) is 10.1. The van der Waals surface area contributed by atoms with Gasteiger partial charge in [0, 0.05) is 13.1 Å². The summed E-state index contributed by atoms with van der Waals surface area (Å²) in [7, 11) is 0. The standard InChI is InChI=1S/C21H26N6O2/c1-15(2)16-5-7-17(8-6-16)29-14-21(28)22-13-20-24-23-18-9-10-19(25-27(18)20)26-11-3-4-12-26/h5-10,15H,3-4,11-14H2,1-2H3,(H,22,28). The van der Waals surface area contributed by atoms with E-state index < -0.39 is 0 Å². The Morgan fingerprint density at radius 1 is 1.10 bits per heavy atom. The SMILES string of the molecule is CC(C)c1ccc(OCC(=O)NCc2nnc3ccc(N4CCCC4)nn23)cc1. The molecule has 1 saturated heterocycles. The molecule has 1 aliphatic rings. The molecule has 1 N–H and O–H groups in total. The molecule has 0 saturated carbocycles. The minimum atomic E-state index is -0.217. The van der Waals surface area contributed by atoms with Crippen LogP contribution < -0.4 is 15.0 Å². The highest BCUT2D eigenvalue weighted by Crippen LogP contribution is 2.19. The number of carbonyl (C=O) groups excluding carboxylic acids is 1. The van der Waals surface area contributed by atoms with Crippen molar-refractivity contribution in [3.63, 3.8) is 0 Å². The van der Waals surface area contributed by atoms with Crippen LogP contribution in [0.25, 0.3) is 5.65 Å². The summed E-state index contributed by atoms with van der Waals surface area (Å²) in [5.41, 5.74) is 1.90. The fourth-order valence-electron chi connectivity index (χ4n) is 3.38. The van der Waals surface area contributed by atoms with Crippen molar-refractivity contribution in [3.05, 3.63) is 47.8 Å². The van der Waals surface area contributed by atoms with Gasteiger partial charge in [-0.3, -0.25) is 4.79 Å². The smallest absolute Gasteiger partial charge is 0.258 e. The van der Waals surface area contributed by atoms with Gasteiger partial charge in [0.05, 0.1) is 6.54 Å². The Labute approximate surface area is 169 Å². The average molecular weight is 394 g/mol. The largest absolute Gasteiger partial charge is 0.484 e. The summed E-state index contributed by atoms with van der Waals surface area (Å²) < 4.78 is 7.26. The van der Waals surface area contributed by atoms with Crippen LogP contribution >= 0.6 is 0 Å². The van der Waals surface area contributed by atoms with Gasteiger partial charge in [-0.1, -0.05) is 26.0 Å². The van der Waals surface area contributed by atoms with Crippen molar-refractivity contribution < 1.29 is 9.53 Å². The van der Waals surface area contributed by atoms with Crippen LogP contribution in [0.3, 0.4) is 0 Å². The van der Waals surface area contributed by atoms with Crippen LogP contribution in [-0.2, 0) is 11.3 Å². The first-order valence-electron chi connectivity index (χ1n) is 10.1. The van der Waals surface area contributed by atoms with Crippen molar-refractivity contribution in [3.8, 4) is 5.75 Å². The van der Waals surface area contributed by atoms with Crippen molar-refractivity contribution in [1.29, 1.82) is 0 Å². The molecule has 0 unspecified atom stereocenters. The Hall–Kier alpha value is -3.16. The summed E-state index contributed by atoms with van der Waals surface area (Å²) in [5.74, 6) is 2.43. The molecule has 0 atom stereocenters. The number of nitrogens with one attached hydrogen (secondary N) is 1. The fourth-order valence-corrected chi connectivity index (χ4v) is 3.38. The zero-order valence-corrected chi connectivity index (χ0v) is 16.8. The van der Waals surface area contributed by atoms with Crippen molar-refractivity contribution in [2.24, 2.45) is 0 Å². The first-order chi connectivity index (χ1) is 14.1. The van der Waals surface area contributed by atoms with Crippen LogP contribution in [0.1, 0.15) is 44.0 Å². The van der Waals surface area contributed by atoms with Gasteiger partial charge >= 0.3 is 0 Å². The van der Waals surface area contributed by atoms with Gasteiger partial charge in [-0.05, 0) is 48.6 Å². The third kappa shape index (κ3) is 4.47. The van der Waals surface area contributed by atoms with Crippen LogP contribution in [0.4, 0.5) is 5.82 Å². The van der Waals surface area contributed by atoms with Crippen molar-refractivity contribution >= 4 is 17.4 Å². The molecule has 152 valence electrons. The maximum atomic E-state index is 12.2. The molecular weight excluding hydrogens is 368 g/mol. The van der Waals surface area contributed by atoms with Gasteiger partial charge in [-0.2, -0.15) is 4.52 Å². The number of aromatic nitrogens is 4.